The predicted octanol–water partition coefficient (Wildman–Crippen LogP) is 4.36. The van der Waals surface area contributed by atoms with E-state index in [9.17, 15) is 23.3 Å². The highest BCUT2D eigenvalue weighted by molar-refractivity contribution is 7.92. The van der Waals surface area contributed by atoms with Gasteiger partial charge in [0.2, 0.25) is 0 Å². The maximum absolute atomic E-state index is 13.0. The third-order valence-electron chi connectivity index (χ3n) is 4.80. The van der Waals surface area contributed by atoms with Crippen molar-refractivity contribution in [3.8, 4) is 11.5 Å². The van der Waals surface area contributed by atoms with Crippen molar-refractivity contribution < 1.29 is 27.6 Å². The lowest BCUT2D eigenvalue weighted by Crippen LogP contribution is -2.16. The predicted molar refractivity (Wildman–Crippen MR) is 127 cm³/mol. The number of benzene rings is 3. The van der Waals surface area contributed by atoms with E-state index in [-0.39, 0.29) is 39.9 Å². The van der Waals surface area contributed by atoms with Crippen molar-refractivity contribution in [2.45, 2.75) is 18.7 Å². The van der Waals surface area contributed by atoms with Gasteiger partial charge in [0.25, 0.3) is 15.9 Å². The number of ether oxygens (including phenoxy) is 2. The van der Waals surface area contributed by atoms with Crippen molar-refractivity contribution in [1.82, 2.24) is 0 Å². The molecule has 0 fully saturated rings. The van der Waals surface area contributed by atoms with Gasteiger partial charge in [-0.1, -0.05) is 18.2 Å². The molecule has 0 heterocycles. The van der Waals surface area contributed by atoms with Crippen LogP contribution < -0.4 is 19.5 Å². The van der Waals surface area contributed by atoms with Gasteiger partial charge in [-0.05, 0) is 55.8 Å². The van der Waals surface area contributed by atoms with Crippen molar-refractivity contribution in [3.63, 3.8) is 0 Å². The van der Waals surface area contributed by atoms with E-state index in [0.29, 0.717) is 11.3 Å². The monoisotopic (exact) mass is 485 g/mol. The molecular weight excluding hydrogens is 462 g/mol. The lowest BCUT2D eigenvalue weighted by atomic mass is 10.1. The second kappa shape index (κ2) is 10.2. The molecule has 3 aromatic carbocycles. The molecule has 0 aliphatic heterocycles. The van der Waals surface area contributed by atoms with Gasteiger partial charge in [0.1, 0.15) is 5.75 Å². The number of carbonyl (C=O) groups excluding carboxylic acids is 1. The lowest BCUT2D eigenvalue weighted by molar-refractivity contribution is -0.385. The Bertz CT molecular complexity index is 1340. The average Bonchev–Trinajstić information content (AvgIpc) is 2.80. The van der Waals surface area contributed by atoms with Crippen LogP contribution in [0.2, 0.25) is 0 Å². The maximum Gasteiger partial charge on any atom is 0.311 e. The van der Waals surface area contributed by atoms with Crippen molar-refractivity contribution >= 4 is 33.0 Å². The first kappa shape index (κ1) is 24.5. The van der Waals surface area contributed by atoms with E-state index in [1.807, 2.05) is 0 Å². The van der Waals surface area contributed by atoms with Crippen LogP contribution in [0, 0.1) is 17.0 Å². The molecule has 0 aliphatic rings. The number of hydrogen-bond acceptors (Lipinski definition) is 7. The fraction of sp³-hybridized carbons (Fsp3) is 0.174. The molecule has 0 saturated heterocycles. The van der Waals surface area contributed by atoms with Crippen LogP contribution >= 0.6 is 0 Å². The smallest absolute Gasteiger partial charge is 0.311 e. The molecule has 2 N–H and O–H groups in total. The molecule has 34 heavy (non-hydrogen) atoms. The quantitative estimate of drug-likeness (QED) is 0.339. The average molecular weight is 486 g/mol. The van der Waals surface area contributed by atoms with Crippen LogP contribution in [0.3, 0.4) is 0 Å². The highest BCUT2D eigenvalue weighted by Gasteiger charge is 2.21. The molecule has 0 atom stereocenters. The van der Waals surface area contributed by atoms with Gasteiger partial charge >= 0.3 is 5.69 Å². The standard InChI is InChI=1S/C23H23N3O7S/c1-4-33-21-12-10-16(13-19(21)26(28)29)23(27)24-17-11-9-15(2)22(14-17)34(30,31)25-18-7-5-6-8-20(18)32-3/h5-14,25H,4H2,1-3H3,(H,24,27). The van der Waals surface area contributed by atoms with Gasteiger partial charge in [-0.3, -0.25) is 19.6 Å². The van der Waals surface area contributed by atoms with Gasteiger partial charge < -0.3 is 14.8 Å². The van der Waals surface area contributed by atoms with Crippen LogP contribution in [0.25, 0.3) is 0 Å². The summed E-state index contributed by atoms with van der Waals surface area (Å²) in [5, 5.41) is 13.9. The number of nitrogens with zero attached hydrogens (tertiary/aromatic N) is 1. The minimum absolute atomic E-state index is 0.0206. The fourth-order valence-corrected chi connectivity index (χ4v) is 4.52. The summed E-state index contributed by atoms with van der Waals surface area (Å²) in [6, 6.07) is 14.8. The number of aryl methyl sites for hydroxylation is 1. The Labute approximate surface area is 196 Å². The van der Waals surface area contributed by atoms with E-state index in [1.165, 1.54) is 25.3 Å². The molecule has 0 spiro atoms. The Hall–Kier alpha value is -4.12. The molecule has 0 saturated carbocycles. The minimum atomic E-state index is -4.02. The number of hydrogen-bond donors (Lipinski definition) is 2. The van der Waals surface area contributed by atoms with Crippen LogP contribution in [-0.2, 0) is 10.0 Å². The molecule has 10 nitrogen and oxygen atoms in total. The van der Waals surface area contributed by atoms with E-state index >= 15 is 0 Å². The zero-order valence-electron chi connectivity index (χ0n) is 18.7. The second-order valence-electron chi connectivity index (χ2n) is 7.11. The lowest BCUT2D eigenvalue weighted by Gasteiger charge is -2.14. The molecule has 0 aliphatic carbocycles. The third-order valence-corrected chi connectivity index (χ3v) is 6.31. The Morgan fingerprint density at radius 3 is 2.47 bits per heavy atom. The fourth-order valence-electron chi connectivity index (χ4n) is 3.18. The number of carbonyl (C=O) groups is 1. The summed E-state index contributed by atoms with van der Waals surface area (Å²) in [4.78, 5) is 23.4. The number of sulfonamides is 1. The molecule has 3 rings (SSSR count). The number of anilines is 2. The summed E-state index contributed by atoms with van der Waals surface area (Å²) in [5.74, 6) is -0.239. The normalized spacial score (nSPS) is 10.9. The highest BCUT2D eigenvalue weighted by atomic mass is 32.2. The zero-order valence-corrected chi connectivity index (χ0v) is 19.5. The number of nitrogens with one attached hydrogen (secondary N) is 2. The first-order valence-electron chi connectivity index (χ1n) is 10.2. The number of amides is 1. The van der Waals surface area contributed by atoms with Crippen LogP contribution in [0.1, 0.15) is 22.8 Å². The van der Waals surface area contributed by atoms with Gasteiger partial charge in [0.05, 0.1) is 29.2 Å². The van der Waals surface area contributed by atoms with Gasteiger partial charge in [0, 0.05) is 17.3 Å². The molecular formula is C23H23N3O7S. The number of nitro benzene ring substituents is 1. The summed E-state index contributed by atoms with van der Waals surface area (Å²) < 4.78 is 39.0. The van der Waals surface area contributed by atoms with E-state index in [0.717, 1.165) is 6.07 Å². The molecule has 0 bridgehead atoms. The van der Waals surface area contributed by atoms with Gasteiger partial charge in [0.15, 0.2) is 5.75 Å². The van der Waals surface area contributed by atoms with Crippen LogP contribution in [0.4, 0.5) is 17.1 Å². The van der Waals surface area contributed by atoms with E-state index < -0.39 is 20.9 Å². The van der Waals surface area contributed by atoms with Crippen LogP contribution in [-0.4, -0.2) is 33.0 Å². The number of rotatable bonds is 9. The molecule has 3 aromatic rings. The Morgan fingerprint density at radius 2 is 1.79 bits per heavy atom. The Morgan fingerprint density at radius 1 is 1.06 bits per heavy atom. The Kier molecular flexibility index (Phi) is 7.37. The summed E-state index contributed by atoms with van der Waals surface area (Å²) in [7, 11) is -2.59. The number of para-hydroxylation sites is 2. The summed E-state index contributed by atoms with van der Waals surface area (Å²) in [6.45, 7) is 3.55. The topological polar surface area (TPSA) is 137 Å². The second-order valence-corrected chi connectivity index (χ2v) is 8.76. The number of nitro groups is 1. The number of methoxy groups -OCH3 is 1. The van der Waals surface area contributed by atoms with Crippen molar-refractivity contribution in [1.29, 1.82) is 0 Å². The van der Waals surface area contributed by atoms with Gasteiger partial charge in [-0.15, -0.1) is 0 Å². The SMILES string of the molecule is CCOc1ccc(C(=O)Nc2ccc(C)c(S(=O)(=O)Nc3ccccc3OC)c2)cc1[N+](=O)[O-]. The van der Waals surface area contributed by atoms with Crippen LogP contribution in [0.15, 0.2) is 65.6 Å². The molecule has 178 valence electrons. The minimum Gasteiger partial charge on any atom is -0.495 e. The van der Waals surface area contributed by atoms with Crippen molar-refractivity contribution in [2.24, 2.45) is 0 Å². The summed E-state index contributed by atoms with van der Waals surface area (Å²) >= 11 is 0. The first-order valence-corrected chi connectivity index (χ1v) is 11.6. The molecule has 0 radical (unpaired) electrons. The summed E-state index contributed by atoms with van der Waals surface area (Å²) in [6.07, 6.45) is 0. The molecule has 1 amide bonds. The van der Waals surface area contributed by atoms with Crippen LogP contribution in [0.5, 0.6) is 11.5 Å². The van der Waals surface area contributed by atoms with Crippen molar-refractivity contribution in [3.05, 3.63) is 81.9 Å². The van der Waals surface area contributed by atoms with E-state index in [4.69, 9.17) is 9.47 Å². The largest absolute Gasteiger partial charge is 0.495 e. The molecule has 11 heteroatoms. The summed E-state index contributed by atoms with van der Waals surface area (Å²) in [5.41, 5.74) is 0.597. The third kappa shape index (κ3) is 5.44. The zero-order chi connectivity index (χ0) is 24.9. The highest BCUT2D eigenvalue weighted by Crippen LogP contribution is 2.30. The Balaban J connectivity index is 1.88. The molecule has 0 unspecified atom stereocenters. The van der Waals surface area contributed by atoms with E-state index in [2.05, 4.69) is 10.0 Å². The van der Waals surface area contributed by atoms with Gasteiger partial charge in [-0.2, -0.15) is 0 Å². The van der Waals surface area contributed by atoms with Gasteiger partial charge in [-0.25, -0.2) is 8.42 Å². The first-order chi connectivity index (χ1) is 16.2. The maximum atomic E-state index is 13.0. The van der Waals surface area contributed by atoms with Crippen molar-refractivity contribution in [2.75, 3.05) is 23.8 Å². The molecule has 0 aromatic heterocycles. The van der Waals surface area contributed by atoms with E-state index in [1.54, 1.807) is 50.2 Å².